The van der Waals surface area contributed by atoms with Crippen molar-refractivity contribution in [3.8, 4) is 0 Å². The Morgan fingerprint density at radius 1 is 1.19 bits per heavy atom. The van der Waals surface area contributed by atoms with Crippen LogP contribution in [0.15, 0.2) is 42.7 Å². The fourth-order valence-corrected chi connectivity index (χ4v) is 3.08. The van der Waals surface area contributed by atoms with Gasteiger partial charge in [0.15, 0.2) is 0 Å². The quantitative estimate of drug-likeness (QED) is 0.732. The molecule has 140 valence electrons. The van der Waals surface area contributed by atoms with Crippen molar-refractivity contribution >= 4 is 28.4 Å². The second-order valence-corrected chi connectivity index (χ2v) is 6.46. The second kappa shape index (κ2) is 6.66. The predicted octanol–water partition coefficient (Wildman–Crippen LogP) is 3.32. The van der Waals surface area contributed by atoms with Crippen LogP contribution in [0.5, 0.6) is 0 Å². The minimum absolute atomic E-state index is 0.0570. The van der Waals surface area contributed by atoms with E-state index in [4.69, 9.17) is 5.73 Å². The number of pyridine rings is 1. The van der Waals surface area contributed by atoms with Crippen LogP contribution < -0.4 is 16.0 Å². The summed E-state index contributed by atoms with van der Waals surface area (Å²) in [6.45, 7) is 1.38. The minimum atomic E-state index is -4.41. The molecule has 3 N–H and O–H groups in total. The van der Waals surface area contributed by atoms with Gasteiger partial charge in [-0.05, 0) is 30.7 Å². The Balaban J connectivity index is 1.74. The smallest absolute Gasteiger partial charge is 0.339 e. The average Bonchev–Trinajstić information content (AvgIpc) is 3.08. The highest BCUT2D eigenvalue weighted by molar-refractivity contribution is 5.91. The molecule has 0 unspecified atom stereocenters. The molecule has 1 saturated heterocycles. The Labute approximate surface area is 153 Å². The number of rotatable bonds is 3. The summed E-state index contributed by atoms with van der Waals surface area (Å²) in [6.07, 6.45) is -0.369. The molecule has 4 rings (SSSR count). The van der Waals surface area contributed by atoms with Crippen LogP contribution in [0.2, 0.25) is 0 Å². The molecule has 2 aromatic heterocycles. The normalized spacial score (nSPS) is 17.5. The van der Waals surface area contributed by atoms with E-state index in [1.54, 1.807) is 24.5 Å². The number of anilines is 3. The molecule has 1 fully saturated rings. The van der Waals surface area contributed by atoms with Gasteiger partial charge >= 0.3 is 6.18 Å². The third-order valence-corrected chi connectivity index (χ3v) is 4.45. The lowest BCUT2D eigenvalue weighted by Crippen LogP contribution is -2.27. The molecular formula is C18H17F3N6. The fraction of sp³-hybridized carbons (Fsp3) is 0.278. The molecule has 1 aromatic carbocycles. The molecule has 3 aromatic rings. The number of hydrogen-bond donors (Lipinski definition) is 2. The zero-order chi connectivity index (χ0) is 19.0. The lowest BCUT2D eigenvalue weighted by atomic mass is 10.2. The van der Waals surface area contributed by atoms with Crippen LogP contribution in [0.3, 0.4) is 0 Å². The highest BCUT2D eigenvalue weighted by Gasteiger charge is 2.30. The van der Waals surface area contributed by atoms with Crippen LogP contribution in [0.1, 0.15) is 12.0 Å². The molecule has 0 amide bonds. The van der Waals surface area contributed by atoms with Crippen LogP contribution in [-0.2, 0) is 6.18 Å². The van der Waals surface area contributed by atoms with E-state index in [-0.39, 0.29) is 11.7 Å². The Hall–Kier alpha value is -2.94. The summed E-state index contributed by atoms with van der Waals surface area (Å²) >= 11 is 0. The van der Waals surface area contributed by atoms with Gasteiger partial charge in [-0.1, -0.05) is 6.07 Å². The predicted molar refractivity (Wildman–Crippen MR) is 96.9 cm³/mol. The molecule has 1 aliphatic rings. The van der Waals surface area contributed by atoms with Crippen molar-refractivity contribution in [3.63, 3.8) is 0 Å². The number of halogens is 3. The minimum Gasteiger partial charge on any atom is -0.339 e. The van der Waals surface area contributed by atoms with Crippen molar-refractivity contribution < 1.29 is 13.2 Å². The van der Waals surface area contributed by atoms with E-state index in [0.717, 1.165) is 25.1 Å². The molecule has 0 bridgehead atoms. The van der Waals surface area contributed by atoms with E-state index in [9.17, 15) is 13.2 Å². The topological polar surface area (TPSA) is 80.0 Å². The van der Waals surface area contributed by atoms with Gasteiger partial charge in [0.2, 0.25) is 5.95 Å². The first-order valence-electron chi connectivity index (χ1n) is 8.47. The Morgan fingerprint density at radius 2 is 2.04 bits per heavy atom. The molecule has 6 nitrogen and oxygen atoms in total. The summed E-state index contributed by atoms with van der Waals surface area (Å²) in [5.41, 5.74) is 6.18. The number of nitrogens with zero attached hydrogens (tertiary/aromatic N) is 4. The number of fused-ring (bicyclic) bond motifs is 1. The van der Waals surface area contributed by atoms with Crippen LogP contribution in [0.25, 0.3) is 10.9 Å². The van der Waals surface area contributed by atoms with E-state index < -0.39 is 11.7 Å². The van der Waals surface area contributed by atoms with Gasteiger partial charge in [-0.25, -0.2) is 4.98 Å². The summed E-state index contributed by atoms with van der Waals surface area (Å²) in [5, 5.41) is 3.61. The van der Waals surface area contributed by atoms with Gasteiger partial charge in [0.05, 0.1) is 16.5 Å². The van der Waals surface area contributed by atoms with Crippen molar-refractivity contribution in [3.05, 3.63) is 48.3 Å². The van der Waals surface area contributed by atoms with Crippen molar-refractivity contribution in [1.29, 1.82) is 0 Å². The summed E-state index contributed by atoms with van der Waals surface area (Å²) in [6, 6.07) is 6.80. The molecule has 0 aliphatic carbocycles. The fourth-order valence-electron chi connectivity index (χ4n) is 3.08. The molecule has 0 saturated carbocycles. The van der Waals surface area contributed by atoms with Crippen LogP contribution in [0.4, 0.5) is 30.6 Å². The van der Waals surface area contributed by atoms with Crippen LogP contribution in [0, 0.1) is 0 Å². The zero-order valence-corrected chi connectivity index (χ0v) is 14.2. The standard InChI is InChI=1S/C18H17F3N6/c19-18(20,21)11-2-1-3-13(8-11)24-16-14-9-23-6-4-15(14)25-17(26-16)27-7-5-12(22)10-27/h1-4,6,8-9,12H,5,7,10,22H2,(H,24,25,26)/t12-/m0/s1. The van der Waals surface area contributed by atoms with Gasteiger partial charge in [-0.3, -0.25) is 4.98 Å². The number of benzene rings is 1. The van der Waals surface area contributed by atoms with E-state index in [0.29, 0.717) is 29.2 Å². The van der Waals surface area contributed by atoms with Gasteiger partial charge in [0.25, 0.3) is 0 Å². The second-order valence-electron chi connectivity index (χ2n) is 6.46. The molecule has 1 atom stereocenters. The third-order valence-electron chi connectivity index (χ3n) is 4.45. The van der Waals surface area contributed by atoms with E-state index in [1.165, 1.54) is 6.07 Å². The SMILES string of the molecule is N[C@H]1CCN(c2nc(Nc3cccc(C(F)(F)F)c3)c3cnccc3n2)C1. The maximum atomic E-state index is 13.0. The van der Waals surface area contributed by atoms with Crippen molar-refractivity contribution in [2.45, 2.75) is 18.6 Å². The number of hydrogen-bond acceptors (Lipinski definition) is 6. The Bertz CT molecular complexity index is 975. The van der Waals surface area contributed by atoms with E-state index in [1.807, 2.05) is 4.90 Å². The third kappa shape index (κ3) is 3.63. The number of aromatic nitrogens is 3. The summed E-state index contributed by atoms with van der Waals surface area (Å²) in [7, 11) is 0. The monoisotopic (exact) mass is 374 g/mol. The molecular weight excluding hydrogens is 357 g/mol. The van der Waals surface area contributed by atoms with Crippen molar-refractivity contribution in [1.82, 2.24) is 15.0 Å². The van der Waals surface area contributed by atoms with Crippen molar-refractivity contribution in [2.75, 3.05) is 23.3 Å². The van der Waals surface area contributed by atoms with Gasteiger partial charge in [0.1, 0.15) is 5.82 Å². The Morgan fingerprint density at radius 3 is 2.78 bits per heavy atom. The van der Waals surface area contributed by atoms with Crippen LogP contribution in [-0.4, -0.2) is 34.1 Å². The Kier molecular flexibility index (Phi) is 4.31. The summed E-state index contributed by atoms with van der Waals surface area (Å²) < 4.78 is 38.9. The first kappa shape index (κ1) is 17.5. The summed E-state index contributed by atoms with van der Waals surface area (Å²) in [4.78, 5) is 15.1. The molecule has 0 spiro atoms. The first-order chi connectivity index (χ1) is 12.9. The molecule has 3 heterocycles. The highest BCUT2D eigenvalue weighted by Crippen LogP contribution is 2.32. The molecule has 27 heavy (non-hydrogen) atoms. The lowest BCUT2D eigenvalue weighted by Gasteiger charge is -2.18. The van der Waals surface area contributed by atoms with E-state index >= 15 is 0 Å². The largest absolute Gasteiger partial charge is 0.416 e. The van der Waals surface area contributed by atoms with Gasteiger partial charge < -0.3 is 16.0 Å². The number of alkyl halides is 3. The lowest BCUT2D eigenvalue weighted by molar-refractivity contribution is -0.137. The van der Waals surface area contributed by atoms with Gasteiger partial charge in [-0.2, -0.15) is 18.2 Å². The highest BCUT2D eigenvalue weighted by atomic mass is 19.4. The zero-order valence-electron chi connectivity index (χ0n) is 14.2. The van der Waals surface area contributed by atoms with Gasteiger partial charge in [0, 0.05) is 37.2 Å². The number of nitrogens with one attached hydrogen (secondary N) is 1. The van der Waals surface area contributed by atoms with Crippen molar-refractivity contribution in [2.24, 2.45) is 5.73 Å². The number of nitrogens with two attached hydrogens (primary N) is 1. The molecule has 1 aliphatic heterocycles. The average molecular weight is 374 g/mol. The maximum absolute atomic E-state index is 13.0. The van der Waals surface area contributed by atoms with E-state index in [2.05, 4.69) is 20.3 Å². The molecule has 9 heteroatoms. The summed E-state index contributed by atoms with van der Waals surface area (Å²) in [5.74, 6) is 0.902. The first-order valence-corrected chi connectivity index (χ1v) is 8.47. The maximum Gasteiger partial charge on any atom is 0.416 e. The van der Waals surface area contributed by atoms with Crippen LogP contribution >= 0.6 is 0 Å². The van der Waals surface area contributed by atoms with Gasteiger partial charge in [-0.15, -0.1) is 0 Å². The molecule has 0 radical (unpaired) electrons.